The van der Waals surface area contributed by atoms with Crippen molar-refractivity contribution in [3.8, 4) is 5.75 Å². The highest BCUT2D eigenvalue weighted by molar-refractivity contribution is 6.03. The first-order valence-corrected chi connectivity index (χ1v) is 13.3. The normalized spacial score (nSPS) is 17.2. The smallest absolute Gasteiger partial charge is 0.343 e. The fraction of sp³-hybridized carbons (Fsp3) is 0.333. The molecular formula is C27H36N8O7+2. The van der Waals surface area contributed by atoms with E-state index < -0.39 is 48.1 Å². The summed E-state index contributed by atoms with van der Waals surface area (Å²) in [6.07, 6.45) is 0.803. The number of carbonyl (C=O) groups is 5. The molecule has 1 aliphatic heterocycles. The van der Waals surface area contributed by atoms with Crippen molar-refractivity contribution in [2.45, 2.75) is 50.8 Å². The van der Waals surface area contributed by atoms with E-state index in [1.807, 2.05) is 0 Å². The number of carboxylic acids is 1. The maximum absolute atomic E-state index is 13.5. The number of unbranched alkanes of at least 4 members (excludes halogenated alkanes) is 1. The zero-order valence-electron chi connectivity index (χ0n) is 22.9. The van der Waals surface area contributed by atoms with E-state index in [2.05, 4.69) is 26.7 Å². The van der Waals surface area contributed by atoms with Crippen LogP contribution in [0.25, 0.3) is 0 Å². The molecule has 2 atom stereocenters. The number of amides is 4. The van der Waals surface area contributed by atoms with Crippen LogP contribution in [0.1, 0.15) is 58.4 Å². The predicted octanol–water partition coefficient (Wildman–Crippen LogP) is -2.84. The summed E-state index contributed by atoms with van der Waals surface area (Å²) in [5.74, 6) is -3.99. The first kappa shape index (κ1) is 31.3. The molecule has 0 aliphatic carbocycles. The third-order valence-electron chi connectivity index (χ3n) is 6.44. The van der Waals surface area contributed by atoms with Crippen LogP contribution in [0.2, 0.25) is 0 Å². The van der Waals surface area contributed by atoms with Crippen molar-refractivity contribution in [1.29, 1.82) is 0 Å². The Morgan fingerprint density at radius 3 is 2.38 bits per heavy atom. The molecule has 4 amide bonds. The largest absolute Gasteiger partial charge is 0.488 e. The molecule has 2 aromatic carbocycles. The number of guanidine groups is 1. The molecule has 0 saturated carbocycles. The summed E-state index contributed by atoms with van der Waals surface area (Å²) in [5.41, 5.74) is 21.5. The fourth-order valence-corrected chi connectivity index (χ4v) is 4.26. The number of benzene rings is 2. The summed E-state index contributed by atoms with van der Waals surface area (Å²) in [5, 5.41) is 17.2. The Kier molecular flexibility index (Phi) is 10.8. The minimum atomic E-state index is -1.30. The Balaban J connectivity index is 2.12. The molecule has 0 aromatic heterocycles. The van der Waals surface area contributed by atoms with Gasteiger partial charge < -0.3 is 37.3 Å². The maximum atomic E-state index is 13.5. The number of hydrogen-bond donors (Lipinski definition) is 9. The second kappa shape index (κ2) is 14.5. The van der Waals surface area contributed by atoms with Crippen LogP contribution in [0, 0.1) is 0 Å². The summed E-state index contributed by atoms with van der Waals surface area (Å²) in [7, 11) is 0. The minimum absolute atomic E-state index is 0.00206. The van der Waals surface area contributed by atoms with Gasteiger partial charge in [0.25, 0.3) is 5.91 Å². The average molecular weight is 585 g/mol. The van der Waals surface area contributed by atoms with Crippen molar-refractivity contribution >= 4 is 46.9 Å². The predicted molar refractivity (Wildman–Crippen MR) is 150 cm³/mol. The van der Waals surface area contributed by atoms with Crippen LogP contribution in [0.3, 0.4) is 0 Å². The number of quaternary nitrogens is 1. The fourth-order valence-electron chi connectivity index (χ4n) is 4.26. The Labute approximate surface area is 241 Å². The van der Waals surface area contributed by atoms with Crippen molar-refractivity contribution in [3.05, 3.63) is 53.1 Å². The lowest BCUT2D eigenvalue weighted by Gasteiger charge is -2.25. The van der Waals surface area contributed by atoms with Gasteiger partial charge in [0.2, 0.25) is 17.7 Å². The Morgan fingerprint density at radius 2 is 1.71 bits per heavy atom. The standard InChI is InChI=1S/C27H34N8O7/c28-10-2-1-3-18-25(40)35-20-11-14(23(29)38)4-5-15(20)13-42-21-8-6-16(32-27(30)31)12-17(21)24(39)33-19(26(41)34-18)7-9-22(36)37/h4-6,8,11-12,18-19H,1-3,7,9-10,13,28H2,(H2,29,38)(H,33,39)(H,34,41)(H,35,40)(H,36,37)(H4,30,31,32)/p+2/t18-,19-/m0/s1. The number of aliphatic carboxylic acids is 1. The van der Waals surface area contributed by atoms with Crippen LogP contribution in [0.4, 0.5) is 11.4 Å². The number of carbonyl (C=O) groups excluding carboxylic acids is 4. The number of carboxylic acid groups (broad SMARTS) is 1. The molecule has 1 aliphatic rings. The van der Waals surface area contributed by atoms with Crippen molar-refractivity contribution in [2.24, 2.45) is 17.2 Å². The second-order valence-corrected chi connectivity index (χ2v) is 9.67. The van der Waals surface area contributed by atoms with Crippen LogP contribution < -0.4 is 48.6 Å². The molecule has 1 heterocycles. The molecule has 3 rings (SSSR count). The number of nitrogens with one attached hydrogen (secondary N) is 4. The van der Waals surface area contributed by atoms with Gasteiger partial charge in [-0.05, 0) is 56.0 Å². The average Bonchev–Trinajstić information content (AvgIpc) is 2.93. The van der Waals surface area contributed by atoms with Crippen molar-refractivity contribution in [3.63, 3.8) is 0 Å². The third-order valence-corrected chi connectivity index (χ3v) is 6.44. The minimum Gasteiger partial charge on any atom is -0.488 e. The van der Waals surface area contributed by atoms with Gasteiger partial charge in [-0.2, -0.15) is 0 Å². The molecule has 15 nitrogen and oxygen atoms in total. The van der Waals surface area contributed by atoms with Crippen LogP contribution in [0.15, 0.2) is 36.4 Å². The van der Waals surface area contributed by atoms with E-state index in [1.165, 1.54) is 24.3 Å². The van der Waals surface area contributed by atoms with Crippen molar-refractivity contribution < 1.29 is 44.5 Å². The Morgan fingerprint density at radius 1 is 0.976 bits per heavy atom. The molecule has 0 bridgehead atoms. The molecule has 0 fully saturated rings. The summed E-state index contributed by atoms with van der Waals surface area (Å²) in [6, 6.07) is 6.52. The lowest BCUT2D eigenvalue weighted by molar-refractivity contribution is -0.368. The number of nitrogens with two attached hydrogens (primary N) is 3. The van der Waals surface area contributed by atoms with Gasteiger partial charge in [-0.25, -0.2) is 4.99 Å². The third kappa shape index (κ3) is 8.66. The van der Waals surface area contributed by atoms with Gasteiger partial charge in [-0.15, -0.1) is 0 Å². The van der Waals surface area contributed by atoms with E-state index >= 15 is 0 Å². The van der Waals surface area contributed by atoms with Gasteiger partial charge in [0.1, 0.15) is 30.1 Å². The highest BCUT2D eigenvalue weighted by Gasteiger charge is 2.29. The maximum Gasteiger partial charge on any atom is 0.343 e. The van der Waals surface area contributed by atoms with E-state index in [1.54, 1.807) is 12.1 Å². The Bertz CT molecular complexity index is 1390. The van der Waals surface area contributed by atoms with Gasteiger partial charge in [0, 0.05) is 23.2 Å². The lowest BCUT2D eigenvalue weighted by Crippen LogP contribution is -2.72. The van der Waals surface area contributed by atoms with Crippen LogP contribution in [0.5, 0.6) is 5.75 Å². The molecule has 2 aromatic rings. The number of hydrogen-bond acceptors (Lipinski definition) is 6. The molecule has 0 saturated heterocycles. The van der Waals surface area contributed by atoms with Gasteiger partial charge >= 0.3 is 11.9 Å². The van der Waals surface area contributed by atoms with E-state index in [9.17, 15) is 29.1 Å². The first-order valence-electron chi connectivity index (χ1n) is 13.3. The zero-order chi connectivity index (χ0) is 30.8. The second-order valence-electron chi connectivity index (χ2n) is 9.67. The monoisotopic (exact) mass is 584 g/mol. The quantitative estimate of drug-likeness (QED) is 0.0833. The molecule has 0 radical (unpaired) electrons. The summed E-state index contributed by atoms with van der Waals surface area (Å²) >= 11 is 0. The highest BCUT2D eigenvalue weighted by Crippen LogP contribution is 2.26. The lowest BCUT2D eigenvalue weighted by atomic mass is 10.0. The van der Waals surface area contributed by atoms with Gasteiger partial charge in [0.05, 0.1) is 12.1 Å². The molecule has 0 unspecified atom stereocenters. The number of primary amides is 1. The van der Waals surface area contributed by atoms with Gasteiger partial charge in [-0.1, -0.05) is 6.07 Å². The number of fused-ring (bicyclic) bond motifs is 2. The molecule has 0 spiro atoms. The Hall–Kier alpha value is -5.18. The first-order chi connectivity index (χ1) is 20.0. The van der Waals surface area contributed by atoms with Crippen LogP contribution in [-0.4, -0.2) is 59.3 Å². The molecule has 42 heavy (non-hydrogen) atoms. The number of ether oxygens (including phenoxy) is 1. The molecule has 224 valence electrons. The molecular weight excluding hydrogens is 548 g/mol. The molecule has 14 N–H and O–H groups in total. The van der Waals surface area contributed by atoms with Gasteiger partial charge in [-0.3, -0.25) is 35.4 Å². The van der Waals surface area contributed by atoms with Gasteiger partial charge in [0.15, 0.2) is 0 Å². The van der Waals surface area contributed by atoms with Crippen LogP contribution >= 0.6 is 0 Å². The topological polar surface area (TPSA) is 271 Å². The van der Waals surface area contributed by atoms with Crippen LogP contribution in [-0.2, 0) is 21.0 Å². The molecule has 15 heteroatoms. The highest BCUT2D eigenvalue weighted by atomic mass is 16.5. The number of anilines is 1. The zero-order valence-corrected chi connectivity index (χ0v) is 22.9. The van der Waals surface area contributed by atoms with E-state index in [-0.39, 0.29) is 48.0 Å². The van der Waals surface area contributed by atoms with Crippen molar-refractivity contribution in [2.75, 3.05) is 11.9 Å². The van der Waals surface area contributed by atoms with E-state index in [4.69, 9.17) is 21.9 Å². The summed E-state index contributed by atoms with van der Waals surface area (Å²) in [4.78, 5) is 66.2. The van der Waals surface area contributed by atoms with E-state index in [0.29, 0.717) is 30.6 Å². The van der Waals surface area contributed by atoms with E-state index in [0.717, 1.165) is 0 Å². The summed E-state index contributed by atoms with van der Waals surface area (Å²) < 4.78 is 5.96. The number of rotatable bonds is 9. The SMILES string of the molecule is NC(=O)c1ccc2c(c1)NC(=O)[C@H](CCCC[NH3+])NC(=O)[C@H](CCC(=O)O)NC(=O)c1cc([NH+]=C(N)N)ccc1OC2. The summed E-state index contributed by atoms with van der Waals surface area (Å²) in [6.45, 7) is 0.485. The van der Waals surface area contributed by atoms with Crippen molar-refractivity contribution in [1.82, 2.24) is 10.6 Å².